The smallest absolute Gasteiger partial charge is 0.255 e. The van der Waals surface area contributed by atoms with Crippen LogP contribution in [0.25, 0.3) is 0 Å². The highest BCUT2D eigenvalue weighted by atomic mass is 16.6. The molecule has 6 heteroatoms. The second kappa shape index (κ2) is 7.79. The summed E-state index contributed by atoms with van der Waals surface area (Å²) in [5, 5.41) is 12.4. The van der Waals surface area contributed by atoms with Crippen molar-refractivity contribution in [1.29, 1.82) is 0 Å². The normalized spacial score (nSPS) is 14.0. The Kier molecular flexibility index (Phi) is 5.28. The van der Waals surface area contributed by atoms with Gasteiger partial charge in [0.05, 0.1) is 5.56 Å². The molecule has 1 aliphatic heterocycles. The molecule has 0 saturated heterocycles. The molecular formula is C18H20N2O4. The van der Waals surface area contributed by atoms with Gasteiger partial charge in [-0.05, 0) is 30.7 Å². The van der Waals surface area contributed by atoms with Crippen LogP contribution in [0, 0.1) is 5.92 Å². The van der Waals surface area contributed by atoms with Crippen molar-refractivity contribution in [2.75, 3.05) is 26.4 Å². The molecule has 1 amide bonds. The van der Waals surface area contributed by atoms with E-state index in [0.717, 1.165) is 5.69 Å². The molecule has 0 bridgehead atoms. The summed E-state index contributed by atoms with van der Waals surface area (Å²) in [7, 11) is 0. The minimum atomic E-state index is -0.239. The average Bonchev–Trinajstić information content (AvgIpc) is 2.65. The fourth-order valence-corrected chi connectivity index (χ4v) is 2.60. The van der Waals surface area contributed by atoms with E-state index in [2.05, 4.69) is 10.3 Å². The highest BCUT2D eigenvalue weighted by molar-refractivity contribution is 5.97. The summed E-state index contributed by atoms with van der Waals surface area (Å²) in [6, 6.07) is 10.9. The number of rotatable bonds is 6. The predicted molar refractivity (Wildman–Crippen MR) is 88.3 cm³/mol. The number of aromatic nitrogens is 1. The van der Waals surface area contributed by atoms with E-state index in [1.165, 1.54) is 0 Å². The van der Waals surface area contributed by atoms with Gasteiger partial charge in [0.15, 0.2) is 11.5 Å². The number of carbonyl (C=O) groups excluding carboxylic acids is 1. The third kappa shape index (κ3) is 3.83. The zero-order chi connectivity index (χ0) is 16.8. The van der Waals surface area contributed by atoms with Gasteiger partial charge in [-0.15, -0.1) is 0 Å². The number of nitrogens with one attached hydrogen (secondary N) is 1. The summed E-state index contributed by atoms with van der Waals surface area (Å²) in [6.07, 6.45) is 2.32. The first-order valence-electron chi connectivity index (χ1n) is 7.95. The molecule has 2 aromatic rings. The second-order valence-corrected chi connectivity index (χ2v) is 5.61. The number of benzene rings is 1. The average molecular weight is 328 g/mol. The standard InChI is InChI=1S/C18H20N2O4/c21-12-13(10-14-4-1-2-7-19-14)11-20-18(22)15-5-3-6-16-17(15)24-9-8-23-16/h1-7,13,21H,8-12H2,(H,20,22). The lowest BCUT2D eigenvalue weighted by Gasteiger charge is -2.21. The fraction of sp³-hybridized carbons (Fsp3) is 0.333. The summed E-state index contributed by atoms with van der Waals surface area (Å²) in [6.45, 7) is 1.24. The van der Waals surface area contributed by atoms with Crippen LogP contribution in [0.4, 0.5) is 0 Å². The SMILES string of the molecule is O=C(NCC(CO)Cc1ccccn1)c1cccc2c1OCCO2. The highest BCUT2D eigenvalue weighted by Crippen LogP contribution is 2.33. The number of nitrogens with zero attached hydrogens (tertiary/aromatic N) is 1. The number of ether oxygens (including phenoxy) is 2. The molecule has 0 radical (unpaired) electrons. The first-order valence-corrected chi connectivity index (χ1v) is 7.95. The Morgan fingerprint density at radius 3 is 2.88 bits per heavy atom. The van der Waals surface area contributed by atoms with E-state index in [1.807, 2.05) is 18.2 Å². The van der Waals surface area contributed by atoms with E-state index in [0.29, 0.717) is 43.2 Å². The number of aliphatic hydroxyl groups is 1. The van der Waals surface area contributed by atoms with Gasteiger partial charge < -0.3 is 19.9 Å². The first-order chi connectivity index (χ1) is 11.8. The molecule has 2 N–H and O–H groups in total. The van der Waals surface area contributed by atoms with Crippen LogP contribution in [0.1, 0.15) is 16.1 Å². The minimum absolute atomic E-state index is 0.0244. The molecule has 0 aliphatic carbocycles. The van der Waals surface area contributed by atoms with Crippen LogP contribution in [-0.2, 0) is 6.42 Å². The van der Waals surface area contributed by atoms with Gasteiger partial charge in [0.2, 0.25) is 0 Å². The molecule has 0 spiro atoms. The van der Waals surface area contributed by atoms with Gasteiger partial charge in [-0.1, -0.05) is 12.1 Å². The monoisotopic (exact) mass is 328 g/mol. The summed E-state index contributed by atoms with van der Waals surface area (Å²) in [5.41, 5.74) is 1.33. The third-order valence-electron chi connectivity index (χ3n) is 3.84. The Balaban J connectivity index is 1.62. The van der Waals surface area contributed by atoms with Gasteiger partial charge in [0, 0.05) is 31.0 Å². The van der Waals surface area contributed by atoms with Crippen molar-refractivity contribution in [2.45, 2.75) is 6.42 Å². The van der Waals surface area contributed by atoms with Crippen LogP contribution >= 0.6 is 0 Å². The maximum atomic E-state index is 12.4. The summed E-state index contributed by atoms with van der Waals surface area (Å²) in [5.74, 6) is 0.727. The zero-order valence-corrected chi connectivity index (χ0v) is 13.3. The number of hydrogen-bond donors (Lipinski definition) is 2. The lowest BCUT2D eigenvalue weighted by molar-refractivity contribution is 0.0929. The Labute approximate surface area is 140 Å². The van der Waals surface area contributed by atoms with Crippen LogP contribution in [0.5, 0.6) is 11.5 Å². The predicted octanol–water partition coefficient (Wildman–Crippen LogP) is 1.43. The lowest BCUT2D eigenvalue weighted by atomic mass is 10.0. The Hall–Kier alpha value is -2.60. The van der Waals surface area contributed by atoms with Crippen molar-refractivity contribution >= 4 is 5.91 Å². The summed E-state index contributed by atoms with van der Waals surface area (Å²) >= 11 is 0. The Bertz CT molecular complexity index is 691. The van der Waals surface area contributed by atoms with Crippen molar-refractivity contribution in [1.82, 2.24) is 10.3 Å². The molecule has 24 heavy (non-hydrogen) atoms. The maximum absolute atomic E-state index is 12.4. The largest absolute Gasteiger partial charge is 0.486 e. The molecule has 1 aromatic carbocycles. The molecule has 1 aliphatic rings. The molecule has 1 aromatic heterocycles. The second-order valence-electron chi connectivity index (χ2n) is 5.61. The van der Waals surface area contributed by atoms with Gasteiger partial charge in [0.1, 0.15) is 13.2 Å². The van der Waals surface area contributed by atoms with Gasteiger partial charge in [0.25, 0.3) is 5.91 Å². The molecule has 0 saturated carbocycles. The van der Waals surface area contributed by atoms with Crippen LogP contribution < -0.4 is 14.8 Å². The van der Waals surface area contributed by atoms with Crippen molar-refractivity contribution < 1.29 is 19.4 Å². The Morgan fingerprint density at radius 1 is 1.21 bits per heavy atom. The van der Waals surface area contributed by atoms with Crippen molar-refractivity contribution in [3.8, 4) is 11.5 Å². The number of amides is 1. The molecule has 126 valence electrons. The third-order valence-corrected chi connectivity index (χ3v) is 3.84. The van der Waals surface area contributed by atoms with Crippen LogP contribution in [-0.4, -0.2) is 42.4 Å². The van der Waals surface area contributed by atoms with Crippen LogP contribution in [0.3, 0.4) is 0 Å². The number of fused-ring (bicyclic) bond motifs is 1. The first kappa shape index (κ1) is 16.3. The van der Waals surface area contributed by atoms with Gasteiger partial charge >= 0.3 is 0 Å². The van der Waals surface area contributed by atoms with Crippen LogP contribution in [0.15, 0.2) is 42.6 Å². The molecule has 2 heterocycles. The summed E-state index contributed by atoms with van der Waals surface area (Å²) < 4.78 is 11.0. The minimum Gasteiger partial charge on any atom is -0.486 e. The van der Waals surface area contributed by atoms with E-state index in [4.69, 9.17) is 9.47 Å². The zero-order valence-electron chi connectivity index (χ0n) is 13.3. The van der Waals surface area contributed by atoms with Crippen LogP contribution in [0.2, 0.25) is 0 Å². The number of hydrogen-bond acceptors (Lipinski definition) is 5. The lowest BCUT2D eigenvalue weighted by Crippen LogP contribution is -2.32. The molecule has 6 nitrogen and oxygen atoms in total. The highest BCUT2D eigenvalue weighted by Gasteiger charge is 2.21. The summed E-state index contributed by atoms with van der Waals surface area (Å²) in [4.78, 5) is 16.7. The van der Waals surface area contributed by atoms with Crippen molar-refractivity contribution in [3.05, 3.63) is 53.9 Å². The van der Waals surface area contributed by atoms with Gasteiger partial charge in [-0.2, -0.15) is 0 Å². The molecular weight excluding hydrogens is 308 g/mol. The van der Waals surface area contributed by atoms with E-state index >= 15 is 0 Å². The van der Waals surface area contributed by atoms with E-state index in [-0.39, 0.29) is 18.4 Å². The molecule has 3 rings (SSSR count). The van der Waals surface area contributed by atoms with Crippen molar-refractivity contribution in [3.63, 3.8) is 0 Å². The molecule has 1 unspecified atom stereocenters. The topological polar surface area (TPSA) is 80.7 Å². The maximum Gasteiger partial charge on any atom is 0.255 e. The molecule has 0 fully saturated rings. The van der Waals surface area contributed by atoms with E-state index < -0.39 is 0 Å². The van der Waals surface area contributed by atoms with Gasteiger partial charge in [-0.25, -0.2) is 0 Å². The van der Waals surface area contributed by atoms with Crippen molar-refractivity contribution in [2.24, 2.45) is 5.92 Å². The number of para-hydroxylation sites is 1. The Morgan fingerprint density at radius 2 is 2.08 bits per heavy atom. The van der Waals surface area contributed by atoms with Gasteiger partial charge in [-0.3, -0.25) is 9.78 Å². The molecule has 1 atom stereocenters. The van der Waals surface area contributed by atoms with E-state index in [9.17, 15) is 9.90 Å². The number of aliphatic hydroxyl groups excluding tert-OH is 1. The quantitative estimate of drug-likeness (QED) is 0.838. The fourth-order valence-electron chi connectivity index (χ4n) is 2.60. The number of carbonyl (C=O) groups is 1. The number of pyridine rings is 1. The van der Waals surface area contributed by atoms with E-state index in [1.54, 1.807) is 24.4 Å².